The van der Waals surface area contributed by atoms with Crippen molar-refractivity contribution in [1.29, 1.82) is 5.26 Å². The zero-order valence-electron chi connectivity index (χ0n) is 9.39. The van der Waals surface area contributed by atoms with Gasteiger partial charge in [0.2, 0.25) is 0 Å². The normalized spacial score (nSPS) is 19.7. The molecule has 0 unspecified atom stereocenters. The molecule has 0 aromatic carbocycles. The van der Waals surface area contributed by atoms with Crippen molar-refractivity contribution in [3.63, 3.8) is 0 Å². The fourth-order valence-electron chi connectivity index (χ4n) is 2.24. The Balaban J connectivity index is 1.76. The average molecular weight is 216 g/mol. The van der Waals surface area contributed by atoms with Crippen molar-refractivity contribution in [3.05, 3.63) is 11.4 Å². The lowest BCUT2D eigenvalue weighted by Gasteiger charge is -2.05. The number of rotatable bonds is 5. The van der Waals surface area contributed by atoms with Crippen LogP contribution in [0, 0.1) is 17.2 Å². The van der Waals surface area contributed by atoms with Gasteiger partial charge in [-0.15, -0.1) is 5.10 Å². The van der Waals surface area contributed by atoms with Gasteiger partial charge in [-0.1, -0.05) is 18.1 Å². The molecule has 84 valence electrons. The molecule has 1 aromatic rings. The maximum absolute atomic E-state index is 8.76. The number of nitriles is 1. The fraction of sp³-hybridized carbons (Fsp3) is 0.750. The van der Waals surface area contributed by atoms with Crippen LogP contribution in [0.2, 0.25) is 0 Å². The molecule has 16 heavy (non-hydrogen) atoms. The summed E-state index contributed by atoms with van der Waals surface area (Å²) in [5.41, 5.74) is 2.17. The zero-order chi connectivity index (χ0) is 11.0. The maximum atomic E-state index is 8.76. The van der Waals surface area contributed by atoms with Crippen LogP contribution in [-0.4, -0.2) is 15.0 Å². The lowest BCUT2D eigenvalue weighted by molar-refractivity contribution is 0.514. The molecular formula is C12H16N4. The summed E-state index contributed by atoms with van der Waals surface area (Å²) in [7, 11) is 0. The van der Waals surface area contributed by atoms with Crippen molar-refractivity contribution >= 4 is 0 Å². The minimum absolute atomic E-state index is 0.412. The number of aromatic nitrogens is 3. The van der Waals surface area contributed by atoms with Crippen LogP contribution in [0.3, 0.4) is 0 Å². The molecule has 0 aliphatic heterocycles. The molecular weight excluding hydrogens is 200 g/mol. The van der Waals surface area contributed by atoms with E-state index in [4.69, 9.17) is 5.26 Å². The Hall–Kier alpha value is -1.37. The fourth-order valence-corrected chi connectivity index (χ4v) is 2.24. The van der Waals surface area contributed by atoms with Crippen LogP contribution in [0.15, 0.2) is 0 Å². The number of nitrogens with zero attached hydrogens (tertiary/aromatic N) is 4. The molecule has 2 aliphatic rings. The van der Waals surface area contributed by atoms with Crippen LogP contribution < -0.4 is 0 Å². The summed E-state index contributed by atoms with van der Waals surface area (Å²) in [5, 5.41) is 17.1. The van der Waals surface area contributed by atoms with Crippen molar-refractivity contribution in [2.24, 2.45) is 5.92 Å². The van der Waals surface area contributed by atoms with Crippen LogP contribution in [0.1, 0.15) is 49.4 Å². The summed E-state index contributed by atoms with van der Waals surface area (Å²) in [4.78, 5) is 0. The third-order valence-electron chi connectivity index (χ3n) is 3.50. The van der Waals surface area contributed by atoms with E-state index in [0.717, 1.165) is 18.2 Å². The number of hydrogen-bond acceptors (Lipinski definition) is 3. The summed E-state index contributed by atoms with van der Waals surface area (Å²) in [6.07, 6.45) is 6.91. The highest BCUT2D eigenvalue weighted by Gasteiger charge is 2.31. The quantitative estimate of drug-likeness (QED) is 0.756. The molecule has 0 bridgehead atoms. The van der Waals surface area contributed by atoms with Crippen molar-refractivity contribution in [3.8, 4) is 6.07 Å². The zero-order valence-corrected chi connectivity index (χ0v) is 9.39. The lowest BCUT2D eigenvalue weighted by Crippen LogP contribution is -2.06. The highest BCUT2D eigenvalue weighted by molar-refractivity contribution is 5.22. The lowest BCUT2D eigenvalue weighted by atomic mass is 10.2. The molecule has 0 N–H and O–H groups in total. The molecule has 0 spiro atoms. The van der Waals surface area contributed by atoms with Gasteiger partial charge in [0.25, 0.3) is 0 Å². The Labute approximate surface area is 95.3 Å². The van der Waals surface area contributed by atoms with Crippen LogP contribution in [-0.2, 0) is 13.0 Å². The molecule has 1 aromatic heterocycles. The minimum Gasteiger partial charge on any atom is -0.249 e. The third-order valence-corrected chi connectivity index (χ3v) is 3.50. The summed E-state index contributed by atoms with van der Waals surface area (Å²) < 4.78 is 2.06. The van der Waals surface area contributed by atoms with Crippen molar-refractivity contribution < 1.29 is 0 Å². The predicted molar refractivity (Wildman–Crippen MR) is 58.7 cm³/mol. The topological polar surface area (TPSA) is 54.5 Å². The van der Waals surface area contributed by atoms with Crippen LogP contribution in [0.25, 0.3) is 0 Å². The molecule has 4 nitrogen and oxygen atoms in total. The van der Waals surface area contributed by atoms with E-state index in [2.05, 4.69) is 21.1 Å². The molecule has 4 heteroatoms. The minimum atomic E-state index is 0.412. The SMILES string of the molecule is N#CCc1nnn(CCC2CC2)c1C1CC1. The monoisotopic (exact) mass is 216 g/mol. The van der Waals surface area contributed by atoms with Gasteiger partial charge < -0.3 is 0 Å². The van der Waals surface area contributed by atoms with Crippen molar-refractivity contribution in [2.45, 2.75) is 51.0 Å². The molecule has 0 saturated heterocycles. The molecule has 2 aliphatic carbocycles. The highest BCUT2D eigenvalue weighted by atomic mass is 15.4. The van der Waals surface area contributed by atoms with E-state index in [9.17, 15) is 0 Å². The van der Waals surface area contributed by atoms with Gasteiger partial charge in [-0.05, 0) is 25.2 Å². The van der Waals surface area contributed by atoms with Gasteiger partial charge in [-0.2, -0.15) is 5.26 Å². The van der Waals surface area contributed by atoms with E-state index in [0.29, 0.717) is 12.3 Å². The van der Waals surface area contributed by atoms with E-state index < -0.39 is 0 Å². The second-order valence-corrected chi connectivity index (χ2v) is 4.99. The Morgan fingerprint density at radius 3 is 2.75 bits per heavy atom. The Kier molecular flexibility index (Phi) is 2.39. The first-order valence-corrected chi connectivity index (χ1v) is 6.17. The first kappa shape index (κ1) is 9.83. The molecule has 1 heterocycles. The van der Waals surface area contributed by atoms with E-state index >= 15 is 0 Å². The molecule has 2 saturated carbocycles. The van der Waals surface area contributed by atoms with Crippen LogP contribution in [0.4, 0.5) is 0 Å². The van der Waals surface area contributed by atoms with Crippen LogP contribution in [0.5, 0.6) is 0 Å². The largest absolute Gasteiger partial charge is 0.249 e. The van der Waals surface area contributed by atoms with Gasteiger partial charge in [-0.25, -0.2) is 4.68 Å². The van der Waals surface area contributed by atoms with Gasteiger partial charge in [-0.3, -0.25) is 0 Å². The predicted octanol–water partition coefficient (Wildman–Crippen LogP) is 2.02. The third kappa shape index (κ3) is 1.95. The van der Waals surface area contributed by atoms with E-state index in [1.54, 1.807) is 0 Å². The van der Waals surface area contributed by atoms with E-state index in [1.807, 2.05) is 0 Å². The van der Waals surface area contributed by atoms with Crippen LogP contribution >= 0.6 is 0 Å². The van der Waals surface area contributed by atoms with Gasteiger partial charge >= 0.3 is 0 Å². The molecule has 3 rings (SSSR count). The Morgan fingerprint density at radius 1 is 1.31 bits per heavy atom. The molecule has 0 radical (unpaired) electrons. The summed E-state index contributed by atoms with van der Waals surface area (Å²) >= 11 is 0. The maximum Gasteiger partial charge on any atom is 0.100 e. The van der Waals surface area contributed by atoms with Crippen molar-refractivity contribution in [1.82, 2.24) is 15.0 Å². The van der Waals surface area contributed by atoms with Gasteiger partial charge in [0.1, 0.15) is 5.69 Å². The first-order chi connectivity index (χ1) is 7.88. The number of hydrogen-bond donors (Lipinski definition) is 0. The highest BCUT2D eigenvalue weighted by Crippen LogP contribution is 2.41. The first-order valence-electron chi connectivity index (χ1n) is 6.17. The Bertz CT molecular complexity index is 421. The summed E-state index contributed by atoms with van der Waals surface area (Å²) in [6.45, 7) is 0.995. The molecule has 0 atom stereocenters. The summed E-state index contributed by atoms with van der Waals surface area (Å²) in [5.74, 6) is 1.56. The second kappa shape index (κ2) is 3.89. The van der Waals surface area contributed by atoms with E-state index in [1.165, 1.54) is 37.8 Å². The standard InChI is InChI=1S/C12H16N4/c13-7-5-11-12(10-3-4-10)16(15-14-11)8-6-9-1-2-9/h9-10H,1-6,8H2. The van der Waals surface area contributed by atoms with Crippen molar-refractivity contribution in [2.75, 3.05) is 0 Å². The molecule has 2 fully saturated rings. The van der Waals surface area contributed by atoms with Gasteiger partial charge in [0.05, 0.1) is 18.2 Å². The van der Waals surface area contributed by atoms with Gasteiger partial charge in [0, 0.05) is 12.5 Å². The average Bonchev–Trinajstić information content (AvgIpc) is 3.18. The molecule has 0 amide bonds. The Morgan fingerprint density at radius 2 is 2.12 bits per heavy atom. The second-order valence-electron chi connectivity index (χ2n) is 4.99. The number of aryl methyl sites for hydroxylation is 1. The summed E-state index contributed by atoms with van der Waals surface area (Å²) in [6, 6.07) is 2.18. The van der Waals surface area contributed by atoms with E-state index in [-0.39, 0.29) is 0 Å². The smallest absolute Gasteiger partial charge is 0.100 e. The van der Waals surface area contributed by atoms with Gasteiger partial charge in [0.15, 0.2) is 0 Å².